The summed E-state index contributed by atoms with van der Waals surface area (Å²) >= 11 is 0. The first-order chi connectivity index (χ1) is 18.8. The van der Waals surface area contributed by atoms with Gasteiger partial charge in [0, 0.05) is 35.9 Å². The van der Waals surface area contributed by atoms with Gasteiger partial charge >= 0.3 is 0 Å². The van der Waals surface area contributed by atoms with E-state index >= 15 is 0 Å². The topological polar surface area (TPSA) is 110 Å². The highest BCUT2D eigenvalue weighted by molar-refractivity contribution is 7.88. The molecule has 0 radical (unpaired) electrons. The van der Waals surface area contributed by atoms with Crippen molar-refractivity contribution in [2.75, 3.05) is 24.7 Å². The van der Waals surface area contributed by atoms with Gasteiger partial charge in [-0.1, -0.05) is 24.3 Å². The normalized spacial score (nSPS) is 20.0. The van der Waals surface area contributed by atoms with E-state index in [2.05, 4.69) is 39.0 Å². The number of hydrazone groups is 1. The Morgan fingerprint density at radius 3 is 2.72 bits per heavy atom. The highest BCUT2D eigenvalue weighted by Gasteiger charge is 2.49. The molecular weight excluding hydrogens is 514 g/mol. The number of hydrogen-bond acceptors (Lipinski definition) is 8. The van der Waals surface area contributed by atoms with Crippen LogP contribution in [0.5, 0.6) is 0 Å². The number of sulfonamides is 1. The second-order valence-corrected chi connectivity index (χ2v) is 12.3. The van der Waals surface area contributed by atoms with Gasteiger partial charge in [0.15, 0.2) is 0 Å². The average molecular weight is 542 g/mol. The van der Waals surface area contributed by atoms with Crippen molar-refractivity contribution in [3.63, 3.8) is 0 Å². The van der Waals surface area contributed by atoms with Crippen LogP contribution in [-0.4, -0.2) is 59.3 Å². The quantitative estimate of drug-likeness (QED) is 0.523. The van der Waals surface area contributed by atoms with Gasteiger partial charge in [0.05, 0.1) is 29.4 Å². The molecule has 198 valence electrons. The lowest BCUT2D eigenvalue weighted by Gasteiger charge is -2.36. The van der Waals surface area contributed by atoms with Crippen LogP contribution in [0.25, 0.3) is 16.6 Å². The van der Waals surface area contributed by atoms with Crippen LogP contribution in [0.1, 0.15) is 29.5 Å². The van der Waals surface area contributed by atoms with Gasteiger partial charge in [-0.2, -0.15) is 5.10 Å². The molecule has 4 aliphatic heterocycles. The zero-order chi connectivity index (χ0) is 26.8. The smallest absolute Gasteiger partial charge is 0.235 e. The maximum atomic E-state index is 13.1. The first kappa shape index (κ1) is 23.9. The van der Waals surface area contributed by atoms with E-state index < -0.39 is 15.4 Å². The molecule has 5 heterocycles. The number of hydrogen-bond donors (Lipinski definition) is 2. The van der Waals surface area contributed by atoms with Crippen LogP contribution in [0.3, 0.4) is 0 Å². The predicted octanol–water partition coefficient (Wildman–Crippen LogP) is 2.94. The third kappa shape index (κ3) is 3.96. The van der Waals surface area contributed by atoms with Crippen LogP contribution in [-0.2, 0) is 26.8 Å². The number of allylic oxidation sites excluding steroid dienone is 2. The molecule has 3 aromatic rings. The van der Waals surface area contributed by atoms with E-state index in [1.165, 1.54) is 10.6 Å². The van der Waals surface area contributed by atoms with Crippen LogP contribution in [0, 0.1) is 0 Å². The molecule has 10 nitrogen and oxygen atoms in total. The third-order valence-electron chi connectivity index (χ3n) is 8.03. The molecule has 0 atom stereocenters. The van der Waals surface area contributed by atoms with Gasteiger partial charge in [-0.05, 0) is 60.4 Å². The van der Waals surface area contributed by atoms with Gasteiger partial charge in [-0.25, -0.2) is 22.7 Å². The Hall–Kier alpha value is -4.22. The lowest BCUT2D eigenvalue weighted by Crippen LogP contribution is -2.47. The number of benzene rings is 2. The van der Waals surface area contributed by atoms with E-state index in [1.54, 1.807) is 12.5 Å². The molecule has 4 aliphatic rings. The summed E-state index contributed by atoms with van der Waals surface area (Å²) in [4.78, 5) is 17.5. The van der Waals surface area contributed by atoms with Gasteiger partial charge in [-0.15, -0.1) is 0 Å². The van der Waals surface area contributed by atoms with Gasteiger partial charge < -0.3 is 5.32 Å². The number of aromatic nitrogens is 1. The van der Waals surface area contributed by atoms with E-state index in [0.29, 0.717) is 32.5 Å². The summed E-state index contributed by atoms with van der Waals surface area (Å²) in [6.45, 7) is 1.31. The Balaban J connectivity index is 1.11. The molecule has 1 spiro atoms. The number of amides is 1. The number of carbonyl (C=O) groups excluding carboxylic acids is 1. The zero-order valence-electron chi connectivity index (χ0n) is 21.3. The van der Waals surface area contributed by atoms with E-state index in [9.17, 15) is 13.2 Å². The first-order valence-electron chi connectivity index (χ1n) is 12.8. The van der Waals surface area contributed by atoms with Crippen molar-refractivity contribution in [1.29, 1.82) is 0 Å². The molecule has 11 heteroatoms. The Morgan fingerprint density at radius 1 is 1.05 bits per heavy atom. The monoisotopic (exact) mass is 541 g/mol. The summed E-state index contributed by atoms with van der Waals surface area (Å²) in [5, 5.41) is 12.6. The van der Waals surface area contributed by atoms with Crippen LogP contribution < -0.4 is 10.7 Å². The fourth-order valence-corrected chi connectivity index (χ4v) is 6.75. The summed E-state index contributed by atoms with van der Waals surface area (Å²) in [5.74, 6) is 0.860. The number of piperidine rings is 1. The molecule has 0 saturated carbocycles. The van der Waals surface area contributed by atoms with Crippen LogP contribution >= 0.6 is 0 Å². The minimum absolute atomic E-state index is 0.0534. The fourth-order valence-electron chi connectivity index (χ4n) is 5.91. The second-order valence-electron chi connectivity index (χ2n) is 10.4. The molecule has 1 saturated heterocycles. The Kier molecular flexibility index (Phi) is 5.29. The van der Waals surface area contributed by atoms with E-state index in [4.69, 9.17) is 0 Å². The number of nitrogens with one attached hydrogen (secondary N) is 2. The number of nitrogens with zero attached hydrogens (tertiary/aromatic N) is 5. The molecule has 1 fully saturated rings. The lowest BCUT2D eigenvalue weighted by atomic mass is 9.74. The highest BCUT2D eigenvalue weighted by atomic mass is 32.2. The van der Waals surface area contributed by atoms with Crippen LogP contribution in [0.4, 0.5) is 5.69 Å². The van der Waals surface area contributed by atoms with Crippen molar-refractivity contribution in [3.8, 4) is 0 Å². The second kappa shape index (κ2) is 8.65. The van der Waals surface area contributed by atoms with E-state index in [1.807, 2.05) is 52.5 Å². The number of fused-ring (bicyclic) bond motifs is 4. The molecule has 0 bridgehead atoms. The molecule has 39 heavy (non-hydrogen) atoms. The number of carbonyl (C=O) groups is 1. The molecular formula is C28H27N7O3S. The minimum atomic E-state index is -3.27. The van der Waals surface area contributed by atoms with Crippen molar-refractivity contribution in [1.82, 2.24) is 24.7 Å². The molecule has 1 amide bonds. The summed E-state index contributed by atoms with van der Waals surface area (Å²) in [7, 11) is -3.27. The number of hydrazine groups is 1. The van der Waals surface area contributed by atoms with Crippen molar-refractivity contribution in [2.45, 2.75) is 24.8 Å². The maximum absolute atomic E-state index is 13.1. The number of rotatable bonds is 4. The van der Waals surface area contributed by atoms with Gasteiger partial charge in [0.2, 0.25) is 15.9 Å². The van der Waals surface area contributed by atoms with Crippen molar-refractivity contribution in [3.05, 3.63) is 89.4 Å². The fraction of sp³-hybridized carbons (Fsp3) is 0.250. The largest absolute Gasteiger partial charge is 0.325 e. The minimum Gasteiger partial charge on any atom is -0.325 e. The van der Waals surface area contributed by atoms with Crippen LogP contribution in [0.2, 0.25) is 0 Å². The number of anilines is 1. The lowest BCUT2D eigenvalue weighted by molar-refractivity contribution is -0.122. The summed E-state index contributed by atoms with van der Waals surface area (Å²) in [5.41, 5.74) is 8.37. The first-order valence-corrected chi connectivity index (χ1v) is 14.7. The molecule has 2 aromatic carbocycles. The molecule has 7 rings (SSSR count). The maximum Gasteiger partial charge on any atom is 0.235 e. The Bertz CT molecular complexity index is 1720. The molecule has 0 unspecified atom stereocenters. The van der Waals surface area contributed by atoms with Gasteiger partial charge in [-0.3, -0.25) is 15.2 Å². The van der Waals surface area contributed by atoms with Crippen LogP contribution in [0.15, 0.2) is 77.8 Å². The summed E-state index contributed by atoms with van der Waals surface area (Å²) in [6.07, 6.45) is 9.74. The average Bonchev–Trinajstić information content (AvgIpc) is 3.45. The summed E-state index contributed by atoms with van der Waals surface area (Å²) < 4.78 is 25.4. The van der Waals surface area contributed by atoms with Gasteiger partial charge in [0.25, 0.3) is 0 Å². The molecule has 0 aliphatic carbocycles. The van der Waals surface area contributed by atoms with Crippen molar-refractivity contribution < 1.29 is 13.2 Å². The SMILES string of the molecule is CS(=O)(=O)N1CCC2(CC1)C(=O)Nc1cc(C3=CC=C4N(Cc5ccc6ncccc6c5)N=CN4N3)ccc12. The predicted molar refractivity (Wildman–Crippen MR) is 149 cm³/mol. The molecule has 2 N–H and O–H groups in total. The van der Waals surface area contributed by atoms with E-state index in [0.717, 1.165) is 44.8 Å². The zero-order valence-corrected chi connectivity index (χ0v) is 22.1. The van der Waals surface area contributed by atoms with Gasteiger partial charge in [0.1, 0.15) is 12.2 Å². The summed E-state index contributed by atoms with van der Waals surface area (Å²) in [6, 6.07) is 16.2. The highest BCUT2D eigenvalue weighted by Crippen LogP contribution is 2.46. The standard InChI is InChI=1S/C28H27N7O3S/c1-39(37,38)33-13-10-28(11-14-33)22-6-5-21(16-25(22)31-27(28)36)24-8-9-26-34(30-18-35(26)32-24)17-19-4-7-23-20(15-19)3-2-12-29-23/h2-9,12,15-16,18,32H,10-11,13-14,17H2,1H3,(H,31,36). The Labute approximate surface area is 226 Å². The third-order valence-corrected chi connectivity index (χ3v) is 9.33. The van der Waals surface area contributed by atoms with Crippen molar-refractivity contribution >= 4 is 44.6 Å². The van der Waals surface area contributed by atoms with E-state index in [-0.39, 0.29) is 5.91 Å². The number of pyridine rings is 1. The molecule has 1 aromatic heterocycles. The van der Waals surface area contributed by atoms with Crippen molar-refractivity contribution in [2.24, 2.45) is 5.10 Å². The Morgan fingerprint density at radius 2 is 1.90 bits per heavy atom.